The van der Waals surface area contributed by atoms with Gasteiger partial charge in [0.15, 0.2) is 5.43 Å². The Morgan fingerprint density at radius 3 is 2.56 bits per heavy atom. The van der Waals surface area contributed by atoms with Crippen molar-refractivity contribution in [3.8, 4) is 17.1 Å². The van der Waals surface area contributed by atoms with E-state index >= 15 is 0 Å². The molecule has 1 aliphatic rings. The van der Waals surface area contributed by atoms with Gasteiger partial charge in [0.25, 0.3) is 0 Å². The van der Waals surface area contributed by atoms with E-state index in [0.29, 0.717) is 51.3 Å². The fraction of sp³-hybridized carbons (Fsp3) is 0.241. The predicted octanol–water partition coefficient (Wildman–Crippen LogP) is 6.00. The Hall–Kier alpha value is -3.97. The SMILES string of the molecule is Cc1c(-c2ccc(F)cc2)oc2c(C(C)N(C)OC(=O)c3ccccc3)c3c(cc2c1=O)CCCO3. The van der Waals surface area contributed by atoms with Gasteiger partial charge in [0, 0.05) is 18.2 Å². The molecule has 1 unspecified atom stereocenters. The van der Waals surface area contributed by atoms with Gasteiger partial charge in [-0.1, -0.05) is 18.2 Å². The van der Waals surface area contributed by atoms with Crippen molar-refractivity contribution in [3.05, 3.63) is 99.0 Å². The van der Waals surface area contributed by atoms with Crippen molar-refractivity contribution in [2.45, 2.75) is 32.7 Å². The second kappa shape index (κ2) is 9.59. The summed E-state index contributed by atoms with van der Waals surface area (Å²) >= 11 is 0. The van der Waals surface area contributed by atoms with Crippen LogP contribution < -0.4 is 10.2 Å². The van der Waals surface area contributed by atoms with Crippen LogP contribution in [0.5, 0.6) is 5.75 Å². The fourth-order valence-electron chi connectivity index (χ4n) is 4.56. The van der Waals surface area contributed by atoms with Crippen LogP contribution in [0.1, 0.15) is 46.4 Å². The first-order chi connectivity index (χ1) is 17.3. The normalized spacial score (nSPS) is 13.8. The van der Waals surface area contributed by atoms with Crippen LogP contribution in [-0.4, -0.2) is 24.7 Å². The Morgan fingerprint density at radius 1 is 1.11 bits per heavy atom. The molecule has 1 aromatic heterocycles. The van der Waals surface area contributed by atoms with Crippen molar-refractivity contribution < 1.29 is 23.2 Å². The fourth-order valence-corrected chi connectivity index (χ4v) is 4.56. The minimum Gasteiger partial charge on any atom is -0.493 e. The molecule has 0 saturated heterocycles. The summed E-state index contributed by atoms with van der Waals surface area (Å²) in [5, 5.41) is 1.88. The number of hydroxylamine groups is 2. The maximum absolute atomic E-state index is 13.6. The van der Waals surface area contributed by atoms with Gasteiger partial charge in [-0.25, -0.2) is 9.18 Å². The molecular weight excluding hydrogens is 461 g/mol. The molecule has 0 spiro atoms. The molecule has 6 nitrogen and oxygen atoms in total. The van der Waals surface area contributed by atoms with E-state index in [1.807, 2.05) is 19.1 Å². The van der Waals surface area contributed by atoms with Gasteiger partial charge < -0.3 is 14.0 Å². The van der Waals surface area contributed by atoms with E-state index in [1.165, 1.54) is 17.2 Å². The lowest BCUT2D eigenvalue weighted by Gasteiger charge is -2.29. The molecule has 0 N–H and O–H groups in total. The minimum atomic E-state index is -0.500. The summed E-state index contributed by atoms with van der Waals surface area (Å²) in [6.07, 6.45) is 1.60. The number of hydrogen-bond donors (Lipinski definition) is 0. The molecule has 0 fully saturated rings. The van der Waals surface area contributed by atoms with Gasteiger partial charge in [-0.2, -0.15) is 0 Å². The van der Waals surface area contributed by atoms with Crippen molar-refractivity contribution >= 4 is 16.9 Å². The van der Waals surface area contributed by atoms with Gasteiger partial charge in [-0.3, -0.25) is 4.79 Å². The standard InChI is InChI=1S/C29H26FNO5/c1-17-25(32)23-16-21-10-7-15-34-27(21)24(28(23)35-26(17)19-11-13-22(30)14-12-19)18(2)31(3)36-29(33)20-8-5-4-6-9-20/h4-6,8-9,11-14,16,18H,7,10,15H2,1-3H3. The number of fused-ring (bicyclic) bond motifs is 2. The molecule has 5 rings (SSSR count). The first-order valence-corrected chi connectivity index (χ1v) is 11.9. The van der Waals surface area contributed by atoms with E-state index in [0.717, 1.165) is 18.4 Å². The molecule has 0 amide bonds. The van der Waals surface area contributed by atoms with Crippen molar-refractivity contribution in [1.29, 1.82) is 0 Å². The Kier molecular flexibility index (Phi) is 6.33. The number of rotatable bonds is 5. The largest absolute Gasteiger partial charge is 0.493 e. The smallest absolute Gasteiger partial charge is 0.357 e. The summed E-state index contributed by atoms with van der Waals surface area (Å²) in [6, 6.07) is 15.9. The molecule has 0 aliphatic carbocycles. The van der Waals surface area contributed by atoms with Crippen molar-refractivity contribution in [3.63, 3.8) is 0 Å². The van der Waals surface area contributed by atoms with Crippen LogP contribution in [0.25, 0.3) is 22.3 Å². The Morgan fingerprint density at radius 2 is 1.83 bits per heavy atom. The van der Waals surface area contributed by atoms with Crippen LogP contribution in [0.4, 0.5) is 4.39 Å². The Bertz CT molecular complexity index is 1490. The summed E-state index contributed by atoms with van der Waals surface area (Å²) in [7, 11) is 1.66. The highest BCUT2D eigenvalue weighted by Gasteiger charge is 2.29. The highest BCUT2D eigenvalue weighted by atomic mass is 19.1. The lowest BCUT2D eigenvalue weighted by molar-refractivity contribution is -0.116. The molecule has 0 radical (unpaired) electrons. The van der Waals surface area contributed by atoms with Gasteiger partial charge in [0.05, 0.1) is 29.2 Å². The molecule has 3 aromatic carbocycles. The first kappa shape index (κ1) is 23.8. The van der Waals surface area contributed by atoms with Crippen LogP contribution in [0.15, 0.2) is 69.9 Å². The van der Waals surface area contributed by atoms with E-state index < -0.39 is 12.0 Å². The second-order valence-corrected chi connectivity index (χ2v) is 8.97. The molecular formula is C29H26FNO5. The third-order valence-electron chi connectivity index (χ3n) is 6.62. The summed E-state index contributed by atoms with van der Waals surface area (Å²) in [4.78, 5) is 31.9. The number of carbonyl (C=O) groups excluding carboxylic acids is 1. The van der Waals surface area contributed by atoms with Crippen LogP contribution >= 0.6 is 0 Å². The molecule has 0 saturated carbocycles. The van der Waals surface area contributed by atoms with Gasteiger partial charge in [0.1, 0.15) is 22.9 Å². The van der Waals surface area contributed by atoms with E-state index in [9.17, 15) is 14.0 Å². The molecule has 2 heterocycles. The number of carbonyl (C=O) groups is 1. The van der Waals surface area contributed by atoms with Crippen LogP contribution in [0, 0.1) is 12.7 Å². The lowest BCUT2D eigenvalue weighted by Crippen LogP contribution is -2.28. The number of halogens is 1. The van der Waals surface area contributed by atoms with Gasteiger partial charge in [-0.05, 0) is 74.7 Å². The van der Waals surface area contributed by atoms with Gasteiger partial charge in [-0.15, -0.1) is 5.06 Å². The molecule has 7 heteroatoms. The third-order valence-corrected chi connectivity index (χ3v) is 6.62. The van der Waals surface area contributed by atoms with Gasteiger partial charge in [0.2, 0.25) is 0 Å². The zero-order valence-electron chi connectivity index (χ0n) is 20.3. The maximum Gasteiger partial charge on any atom is 0.357 e. The summed E-state index contributed by atoms with van der Waals surface area (Å²) in [5.74, 6) is 0.129. The second-order valence-electron chi connectivity index (χ2n) is 8.97. The molecule has 184 valence electrons. The average molecular weight is 488 g/mol. The summed E-state index contributed by atoms with van der Waals surface area (Å²) in [5.41, 5.74) is 3.20. The van der Waals surface area contributed by atoms with Gasteiger partial charge >= 0.3 is 5.97 Å². The van der Waals surface area contributed by atoms with Crippen LogP contribution in [0.2, 0.25) is 0 Å². The Balaban J connectivity index is 1.66. The van der Waals surface area contributed by atoms with Crippen LogP contribution in [0.3, 0.4) is 0 Å². The number of hydrogen-bond acceptors (Lipinski definition) is 6. The molecule has 36 heavy (non-hydrogen) atoms. The monoisotopic (exact) mass is 487 g/mol. The van der Waals surface area contributed by atoms with Crippen molar-refractivity contribution in [2.24, 2.45) is 0 Å². The zero-order chi connectivity index (χ0) is 25.4. The predicted molar refractivity (Wildman–Crippen MR) is 134 cm³/mol. The van der Waals surface area contributed by atoms with E-state index in [4.69, 9.17) is 14.0 Å². The molecule has 0 bridgehead atoms. The number of benzene rings is 3. The number of nitrogens with zero attached hydrogens (tertiary/aromatic N) is 1. The third kappa shape index (κ3) is 4.27. The first-order valence-electron chi connectivity index (χ1n) is 11.9. The molecule has 1 aliphatic heterocycles. The average Bonchev–Trinajstić information content (AvgIpc) is 2.90. The van der Waals surface area contributed by atoms with Crippen molar-refractivity contribution in [1.82, 2.24) is 5.06 Å². The van der Waals surface area contributed by atoms with E-state index in [1.54, 1.807) is 50.4 Å². The van der Waals surface area contributed by atoms with E-state index in [2.05, 4.69) is 0 Å². The van der Waals surface area contributed by atoms with Crippen molar-refractivity contribution in [2.75, 3.05) is 13.7 Å². The van der Waals surface area contributed by atoms with Crippen LogP contribution in [-0.2, 0) is 11.3 Å². The summed E-state index contributed by atoms with van der Waals surface area (Å²) in [6.45, 7) is 4.10. The number of aryl methyl sites for hydroxylation is 1. The minimum absolute atomic E-state index is 0.165. The van der Waals surface area contributed by atoms with E-state index in [-0.39, 0.29) is 11.2 Å². The summed E-state index contributed by atoms with van der Waals surface area (Å²) < 4.78 is 26.0. The number of ether oxygens (including phenoxy) is 1. The molecule has 4 aromatic rings. The lowest BCUT2D eigenvalue weighted by atomic mass is 9.94. The quantitative estimate of drug-likeness (QED) is 0.322. The zero-order valence-corrected chi connectivity index (χ0v) is 20.3. The Labute approximate surface area is 207 Å². The topological polar surface area (TPSA) is 69.0 Å². The highest BCUT2D eigenvalue weighted by Crippen LogP contribution is 2.41. The molecule has 1 atom stereocenters. The maximum atomic E-state index is 13.6. The highest BCUT2D eigenvalue weighted by molar-refractivity contribution is 5.89.